The van der Waals surface area contributed by atoms with Crippen molar-refractivity contribution in [3.8, 4) is 0 Å². The molecule has 4 nitrogen and oxygen atoms in total. The summed E-state index contributed by atoms with van der Waals surface area (Å²) in [4.78, 5) is 12.1. The normalized spacial score (nSPS) is 12.6. The van der Waals surface area contributed by atoms with Crippen LogP contribution in [0.3, 0.4) is 0 Å². The molecule has 0 saturated carbocycles. The molecule has 0 bridgehead atoms. The first kappa shape index (κ1) is 21.5. The smallest absolute Gasteiger partial charge is 0.319 e. The lowest BCUT2D eigenvalue weighted by Crippen LogP contribution is -2.76. The quantitative estimate of drug-likeness (QED) is 0.392. The Morgan fingerprint density at radius 2 is 1.32 bits per heavy atom. The van der Waals surface area contributed by atoms with E-state index in [1.165, 1.54) is 12.1 Å². The van der Waals surface area contributed by atoms with Gasteiger partial charge in [0.15, 0.2) is 0 Å². The number of nitrogens with one attached hydrogen (secondary N) is 3. The molecule has 0 aromatic heterocycles. The van der Waals surface area contributed by atoms with Gasteiger partial charge in [-0.15, -0.1) is 0 Å². The average Bonchev–Trinajstić information content (AvgIpc) is 2.58. The highest BCUT2D eigenvalue weighted by Crippen LogP contribution is 2.41. The van der Waals surface area contributed by atoms with E-state index in [0.717, 1.165) is 47.1 Å². The highest BCUT2D eigenvalue weighted by Gasteiger charge is 2.72. The van der Waals surface area contributed by atoms with Crippen LogP contribution in [0.25, 0.3) is 0 Å². The van der Waals surface area contributed by atoms with Gasteiger partial charge in [-0.25, -0.2) is 4.39 Å². The molecule has 3 N–H and O–H groups in total. The third kappa shape index (κ3) is 4.53. The van der Waals surface area contributed by atoms with Gasteiger partial charge in [0, 0.05) is 11.3 Å². The number of hydrogen-bond donors (Lipinski definition) is 3. The van der Waals surface area contributed by atoms with E-state index in [4.69, 9.17) is 0 Å². The van der Waals surface area contributed by atoms with Crippen molar-refractivity contribution in [3.05, 3.63) is 65.5 Å². The summed E-state index contributed by atoms with van der Waals surface area (Å²) < 4.78 is 93.7. The van der Waals surface area contributed by atoms with Crippen LogP contribution in [0.4, 0.5) is 36.4 Å². The number of anilines is 1. The van der Waals surface area contributed by atoms with E-state index in [9.17, 15) is 35.5 Å². The summed E-state index contributed by atoms with van der Waals surface area (Å²) in [5, 5.41) is 0.991. The third-order valence-electron chi connectivity index (χ3n) is 3.70. The van der Waals surface area contributed by atoms with Crippen molar-refractivity contribution >= 4 is 11.6 Å². The van der Waals surface area contributed by atoms with Crippen LogP contribution >= 0.6 is 0 Å². The zero-order chi connectivity index (χ0) is 21.2. The van der Waals surface area contributed by atoms with Crippen LogP contribution in [0.1, 0.15) is 15.9 Å². The molecule has 0 radical (unpaired) electrons. The molecule has 0 heterocycles. The zero-order valence-electron chi connectivity index (χ0n) is 14.2. The number of carbonyl (C=O) groups excluding carboxylic acids is 1. The van der Waals surface area contributed by atoms with Gasteiger partial charge in [0.2, 0.25) is 0 Å². The van der Waals surface area contributed by atoms with Crippen LogP contribution in [0.5, 0.6) is 0 Å². The van der Waals surface area contributed by atoms with Gasteiger partial charge in [-0.05, 0) is 43.3 Å². The predicted molar refractivity (Wildman–Crippen MR) is 86.6 cm³/mol. The summed E-state index contributed by atoms with van der Waals surface area (Å²) in [5.74, 6) is -2.33. The second kappa shape index (κ2) is 7.66. The first-order valence-corrected chi connectivity index (χ1v) is 7.67. The molecule has 0 aliphatic carbocycles. The molecule has 0 unspecified atom stereocenters. The standard InChI is InChI=1S/C17H14F7N3O/c1-10-2-4-11(5-3-10)14(28)25-15(16(19,20)21,17(22,23)24)27-26-13-8-6-12(18)7-9-13/h2-9,26-27H,1H3,(H,25,28). The van der Waals surface area contributed by atoms with Gasteiger partial charge in [0.05, 0.1) is 0 Å². The molecule has 0 fully saturated rings. The second-order valence-electron chi connectivity index (χ2n) is 5.82. The third-order valence-corrected chi connectivity index (χ3v) is 3.70. The van der Waals surface area contributed by atoms with Crippen LogP contribution in [-0.4, -0.2) is 23.9 Å². The molecule has 0 aliphatic heterocycles. The number of rotatable bonds is 5. The van der Waals surface area contributed by atoms with Crippen LogP contribution in [0.15, 0.2) is 48.5 Å². The lowest BCUT2D eigenvalue weighted by Gasteiger charge is -2.38. The Kier molecular flexibility index (Phi) is 5.88. The molecule has 2 aromatic carbocycles. The molecule has 1 amide bonds. The van der Waals surface area contributed by atoms with Gasteiger partial charge < -0.3 is 10.7 Å². The van der Waals surface area contributed by atoms with Gasteiger partial charge in [-0.1, -0.05) is 17.7 Å². The van der Waals surface area contributed by atoms with E-state index in [0.29, 0.717) is 5.56 Å². The molecular weight excluding hydrogens is 395 g/mol. The van der Waals surface area contributed by atoms with Crippen molar-refractivity contribution in [2.45, 2.75) is 24.9 Å². The van der Waals surface area contributed by atoms with E-state index in [2.05, 4.69) is 0 Å². The maximum Gasteiger partial charge on any atom is 0.436 e. The van der Waals surface area contributed by atoms with Gasteiger partial charge in [0.1, 0.15) is 5.82 Å². The fourth-order valence-electron chi connectivity index (χ4n) is 2.12. The molecule has 152 valence electrons. The number of benzene rings is 2. The minimum Gasteiger partial charge on any atom is -0.319 e. The Morgan fingerprint density at radius 3 is 1.79 bits per heavy atom. The molecule has 0 saturated heterocycles. The maximum absolute atomic E-state index is 13.5. The number of halogens is 7. The fourth-order valence-corrected chi connectivity index (χ4v) is 2.12. The van der Waals surface area contributed by atoms with Crippen molar-refractivity contribution < 1.29 is 35.5 Å². The molecule has 0 spiro atoms. The van der Waals surface area contributed by atoms with Gasteiger partial charge >= 0.3 is 18.0 Å². The summed E-state index contributed by atoms with van der Waals surface area (Å²) in [6.07, 6.45) is -11.9. The van der Waals surface area contributed by atoms with E-state index in [1.807, 2.05) is 0 Å². The molecule has 0 aliphatic rings. The van der Waals surface area contributed by atoms with Crippen LogP contribution in [0, 0.1) is 12.7 Å². The fraction of sp³-hybridized carbons (Fsp3) is 0.235. The largest absolute Gasteiger partial charge is 0.436 e. The van der Waals surface area contributed by atoms with Crippen molar-refractivity contribution in [1.82, 2.24) is 10.7 Å². The van der Waals surface area contributed by atoms with Gasteiger partial charge in [-0.2, -0.15) is 31.8 Å². The second-order valence-corrected chi connectivity index (χ2v) is 5.82. The van der Waals surface area contributed by atoms with E-state index < -0.39 is 35.3 Å². The van der Waals surface area contributed by atoms with Crippen molar-refractivity contribution in [1.29, 1.82) is 0 Å². The topological polar surface area (TPSA) is 53.2 Å². The number of hydrogen-bond acceptors (Lipinski definition) is 3. The number of alkyl halides is 6. The highest BCUT2D eigenvalue weighted by atomic mass is 19.4. The minimum absolute atomic E-state index is 0.288. The SMILES string of the molecule is Cc1ccc(C(=O)NC(NNc2ccc(F)cc2)(C(F)(F)F)C(F)(F)F)cc1. The van der Waals surface area contributed by atoms with Crippen LogP contribution < -0.4 is 16.2 Å². The first-order chi connectivity index (χ1) is 12.9. The molecule has 2 aromatic rings. The molecule has 0 atom stereocenters. The van der Waals surface area contributed by atoms with Crippen molar-refractivity contribution in [2.24, 2.45) is 0 Å². The highest BCUT2D eigenvalue weighted by molar-refractivity contribution is 5.94. The monoisotopic (exact) mass is 409 g/mol. The average molecular weight is 409 g/mol. The number of aryl methyl sites for hydroxylation is 1. The number of amides is 1. The summed E-state index contributed by atoms with van der Waals surface area (Å²) in [6, 6.07) is 8.41. The zero-order valence-corrected chi connectivity index (χ0v) is 14.2. The predicted octanol–water partition coefficient (Wildman–Crippen LogP) is 4.30. The summed E-state index contributed by atoms with van der Waals surface area (Å²) in [7, 11) is 0. The van der Waals surface area contributed by atoms with E-state index in [-0.39, 0.29) is 5.69 Å². The van der Waals surface area contributed by atoms with Crippen LogP contribution in [0.2, 0.25) is 0 Å². The van der Waals surface area contributed by atoms with Crippen LogP contribution in [-0.2, 0) is 0 Å². The lowest BCUT2D eigenvalue weighted by molar-refractivity contribution is -0.312. The van der Waals surface area contributed by atoms with E-state index in [1.54, 1.807) is 12.3 Å². The minimum atomic E-state index is -5.97. The van der Waals surface area contributed by atoms with Crippen molar-refractivity contribution in [3.63, 3.8) is 0 Å². The number of hydrazine groups is 1. The number of carbonyl (C=O) groups is 1. The summed E-state index contributed by atoms with van der Waals surface area (Å²) in [5.41, 5.74) is -2.01. The Morgan fingerprint density at radius 1 is 0.821 bits per heavy atom. The van der Waals surface area contributed by atoms with Gasteiger partial charge in [-0.3, -0.25) is 4.79 Å². The Hall–Kier alpha value is -2.82. The van der Waals surface area contributed by atoms with Gasteiger partial charge in [0.25, 0.3) is 5.91 Å². The van der Waals surface area contributed by atoms with E-state index >= 15 is 0 Å². The molecule has 11 heteroatoms. The molecule has 2 rings (SSSR count). The molecular formula is C17H14F7N3O. The first-order valence-electron chi connectivity index (χ1n) is 7.67. The summed E-state index contributed by atoms with van der Waals surface area (Å²) in [6.45, 7) is 1.63. The Bertz CT molecular complexity index is 801. The Balaban J connectivity index is 2.38. The van der Waals surface area contributed by atoms with Crippen molar-refractivity contribution in [2.75, 3.05) is 5.43 Å². The summed E-state index contributed by atoms with van der Waals surface area (Å²) >= 11 is 0. The lowest BCUT2D eigenvalue weighted by atomic mass is 10.1. The Labute approximate surface area is 154 Å². The maximum atomic E-state index is 13.5. The molecule has 28 heavy (non-hydrogen) atoms.